The van der Waals surface area contributed by atoms with Crippen LogP contribution in [0.25, 0.3) is 0 Å². The third kappa shape index (κ3) is 11.5. The Labute approximate surface area is 186 Å². The predicted octanol–water partition coefficient (Wildman–Crippen LogP) is 3.17. The normalized spacial score (nSPS) is 12.7. The van der Waals surface area contributed by atoms with Crippen molar-refractivity contribution in [1.29, 1.82) is 0 Å². The van der Waals surface area contributed by atoms with Crippen LogP contribution in [0.4, 0.5) is 4.79 Å². The second kappa shape index (κ2) is 15.2. The van der Waals surface area contributed by atoms with Gasteiger partial charge < -0.3 is 25.3 Å². The van der Waals surface area contributed by atoms with E-state index in [2.05, 4.69) is 5.32 Å². The summed E-state index contributed by atoms with van der Waals surface area (Å²) in [5, 5.41) is 2.66. The molecule has 1 aromatic carbocycles. The van der Waals surface area contributed by atoms with Crippen LogP contribution in [0, 0.1) is 6.92 Å². The van der Waals surface area contributed by atoms with Gasteiger partial charge in [0.15, 0.2) is 16.1 Å². The number of unbranched alkanes of at least 4 members (excludes halogenated alkanes) is 2. The Morgan fingerprint density at radius 3 is 2.26 bits per heavy atom. The molecule has 1 amide bonds. The quantitative estimate of drug-likeness (QED) is 0.289. The smallest absolute Gasteiger partial charge is 0.407 e. The van der Waals surface area contributed by atoms with Gasteiger partial charge in [-0.05, 0) is 58.7 Å². The first kappa shape index (κ1) is 27.4. The van der Waals surface area contributed by atoms with Crippen molar-refractivity contribution in [2.24, 2.45) is 5.73 Å². The van der Waals surface area contributed by atoms with Gasteiger partial charge in [-0.2, -0.15) is 0 Å². The Morgan fingerprint density at radius 2 is 1.68 bits per heavy atom. The molecule has 0 spiro atoms. The first-order chi connectivity index (χ1) is 14.8. The molecule has 0 bridgehead atoms. The Kier molecular flexibility index (Phi) is 13.4. The number of nitrogens with one attached hydrogen (secondary N) is 1. The van der Waals surface area contributed by atoms with Crippen molar-refractivity contribution in [3.05, 3.63) is 29.8 Å². The number of nitrogens with two attached hydrogens (primary N) is 1. The van der Waals surface area contributed by atoms with E-state index < -0.39 is 28.3 Å². The number of rotatable bonds is 16. The summed E-state index contributed by atoms with van der Waals surface area (Å²) in [6, 6.07) is 6.67. The molecule has 0 aliphatic carbocycles. The highest BCUT2D eigenvalue weighted by Crippen LogP contribution is 2.17. The molecule has 0 radical (unpaired) electrons. The zero-order chi connectivity index (χ0) is 23.1. The van der Waals surface area contributed by atoms with E-state index in [0.717, 1.165) is 24.8 Å². The number of amides is 1. The fourth-order valence-corrected chi connectivity index (χ4v) is 4.50. The molecule has 31 heavy (non-hydrogen) atoms. The first-order valence-corrected chi connectivity index (χ1v) is 12.6. The summed E-state index contributed by atoms with van der Waals surface area (Å²) in [7, 11) is -3.58. The number of sulfone groups is 1. The molecular weight excluding hydrogens is 420 g/mol. The van der Waals surface area contributed by atoms with Crippen LogP contribution in [0.1, 0.15) is 51.5 Å². The summed E-state index contributed by atoms with van der Waals surface area (Å²) in [5.41, 5.74) is 6.50. The third-order valence-corrected chi connectivity index (χ3v) is 6.44. The maximum absolute atomic E-state index is 12.8. The van der Waals surface area contributed by atoms with Gasteiger partial charge >= 0.3 is 6.09 Å². The number of benzene rings is 1. The van der Waals surface area contributed by atoms with Crippen LogP contribution in [-0.2, 0) is 24.0 Å². The lowest BCUT2D eigenvalue weighted by Crippen LogP contribution is -2.35. The number of aryl methyl sites for hydroxylation is 1. The van der Waals surface area contributed by atoms with Crippen LogP contribution < -0.4 is 11.1 Å². The number of carbonyl (C=O) groups is 1. The SMILES string of the molecule is CCOC(CCNC(=O)OC(CCCCCN)CS(=O)(=O)c1ccc(C)cc1)OCC. The summed E-state index contributed by atoms with van der Waals surface area (Å²) in [6.45, 7) is 7.54. The lowest BCUT2D eigenvalue weighted by Gasteiger charge is -2.20. The van der Waals surface area contributed by atoms with Crippen LogP contribution in [-0.4, -0.2) is 59.0 Å². The van der Waals surface area contributed by atoms with Gasteiger partial charge in [0.1, 0.15) is 6.10 Å². The van der Waals surface area contributed by atoms with E-state index in [4.69, 9.17) is 19.9 Å². The number of alkyl carbamates (subject to hydrolysis) is 1. The maximum atomic E-state index is 12.8. The van der Waals surface area contributed by atoms with Crippen molar-refractivity contribution in [2.75, 3.05) is 32.1 Å². The highest BCUT2D eigenvalue weighted by molar-refractivity contribution is 7.91. The minimum atomic E-state index is -3.58. The second-order valence-electron chi connectivity index (χ2n) is 7.32. The van der Waals surface area contributed by atoms with E-state index in [9.17, 15) is 13.2 Å². The van der Waals surface area contributed by atoms with Crippen molar-refractivity contribution in [3.8, 4) is 0 Å². The number of hydrogen-bond donors (Lipinski definition) is 2. The molecule has 178 valence electrons. The van der Waals surface area contributed by atoms with Crippen molar-refractivity contribution in [2.45, 2.75) is 70.2 Å². The molecule has 1 unspecified atom stereocenters. The molecule has 8 nitrogen and oxygen atoms in total. The number of ether oxygens (including phenoxy) is 3. The van der Waals surface area contributed by atoms with Gasteiger partial charge in [-0.3, -0.25) is 0 Å². The van der Waals surface area contributed by atoms with Crippen LogP contribution in [0.5, 0.6) is 0 Å². The molecule has 0 saturated heterocycles. The van der Waals surface area contributed by atoms with Gasteiger partial charge in [0.25, 0.3) is 0 Å². The lowest BCUT2D eigenvalue weighted by molar-refractivity contribution is -0.138. The lowest BCUT2D eigenvalue weighted by atomic mass is 10.1. The number of carbonyl (C=O) groups excluding carboxylic acids is 1. The average molecular weight is 459 g/mol. The summed E-state index contributed by atoms with van der Waals surface area (Å²) < 4.78 is 42.0. The van der Waals surface area contributed by atoms with Gasteiger partial charge in [-0.1, -0.05) is 24.1 Å². The standard InChI is InChI=1S/C22H38N2O6S/c1-4-28-21(29-5-2)14-16-24-22(25)30-19(9-7-6-8-15-23)17-31(26,27)20-12-10-18(3)11-13-20/h10-13,19,21H,4-9,14-17,23H2,1-3H3,(H,24,25). The minimum Gasteiger partial charge on any atom is -0.445 e. The fraction of sp³-hybridized carbons (Fsp3) is 0.682. The molecule has 1 rings (SSSR count). The summed E-state index contributed by atoms with van der Waals surface area (Å²) >= 11 is 0. The molecule has 0 saturated carbocycles. The molecule has 0 aromatic heterocycles. The van der Waals surface area contributed by atoms with Crippen LogP contribution in [0.3, 0.4) is 0 Å². The van der Waals surface area contributed by atoms with Crippen molar-refractivity contribution < 1.29 is 27.4 Å². The molecule has 0 aliphatic heterocycles. The zero-order valence-corrected chi connectivity index (χ0v) is 19.8. The highest BCUT2D eigenvalue weighted by Gasteiger charge is 2.24. The maximum Gasteiger partial charge on any atom is 0.407 e. The topological polar surface area (TPSA) is 117 Å². The molecule has 1 atom stereocenters. The van der Waals surface area contributed by atoms with E-state index in [-0.39, 0.29) is 10.6 Å². The van der Waals surface area contributed by atoms with E-state index in [0.29, 0.717) is 39.1 Å². The Balaban J connectivity index is 2.67. The zero-order valence-electron chi connectivity index (χ0n) is 19.0. The second-order valence-corrected chi connectivity index (χ2v) is 9.35. The van der Waals surface area contributed by atoms with Gasteiger partial charge in [0.2, 0.25) is 0 Å². The van der Waals surface area contributed by atoms with E-state index in [1.165, 1.54) is 0 Å². The molecule has 0 fully saturated rings. The third-order valence-electron chi connectivity index (χ3n) is 4.64. The van der Waals surface area contributed by atoms with Gasteiger partial charge in [-0.25, -0.2) is 13.2 Å². The van der Waals surface area contributed by atoms with Gasteiger partial charge in [0, 0.05) is 26.2 Å². The largest absolute Gasteiger partial charge is 0.445 e. The molecule has 9 heteroatoms. The Morgan fingerprint density at radius 1 is 1.03 bits per heavy atom. The molecule has 1 aromatic rings. The van der Waals surface area contributed by atoms with E-state index in [1.54, 1.807) is 24.3 Å². The highest BCUT2D eigenvalue weighted by atomic mass is 32.2. The molecule has 3 N–H and O–H groups in total. The summed E-state index contributed by atoms with van der Waals surface area (Å²) in [4.78, 5) is 12.5. The number of hydrogen-bond acceptors (Lipinski definition) is 7. The van der Waals surface area contributed by atoms with Crippen LogP contribution >= 0.6 is 0 Å². The van der Waals surface area contributed by atoms with Gasteiger partial charge in [-0.15, -0.1) is 0 Å². The molecular formula is C22H38N2O6S. The van der Waals surface area contributed by atoms with Gasteiger partial charge in [0.05, 0.1) is 10.6 Å². The van der Waals surface area contributed by atoms with Crippen molar-refractivity contribution in [3.63, 3.8) is 0 Å². The first-order valence-electron chi connectivity index (χ1n) is 11.0. The minimum absolute atomic E-state index is 0.227. The summed E-state index contributed by atoms with van der Waals surface area (Å²) in [6.07, 6.45) is 1.58. The fourth-order valence-electron chi connectivity index (χ4n) is 3.03. The summed E-state index contributed by atoms with van der Waals surface area (Å²) in [5.74, 6) is -0.257. The predicted molar refractivity (Wildman–Crippen MR) is 121 cm³/mol. The van der Waals surface area contributed by atoms with Crippen LogP contribution in [0.2, 0.25) is 0 Å². The Hall–Kier alpha value is -1.68. The van der Waals surface area contributed by atoms with Crippen molar-refractivity contribution >= 4 is 15.9 Å². The van der Waals surface area contributed by atoms with E-state index in [1.807, 2.05) is 20.8 Å². The Bertz CT molecular complexity index is 718. The monoisotopic (exact) mass is 458 g/mol. The van der Waals surface area contributed by atoms with Crippen molar-refractivity contribution in [1.82, 2.24) is 5.32 Å². The molecule has 0 aliphatic rings. The molecule has 0 heterocycles. The average Bonchev–Trinajstić information content (AvgIpc) is 2.71. The van der Waals surface area contributed by atoms with E-state index >= 15 is 0 Å². The van der Waals surface area contributed by atoms with Crippen LogP contribution in [0.15, 0.2) is 29.2 Å².